The van der Waals surface area contributed by atoms with Crippen molar-refractivity contribution in [1.29, 1.82) is 0 Å². The van der Waals surface area contributed by atoms with Crippen LogP contribution in [0.4, 0.5) is 16.2 Å². The van der Waals surface area contributed by atoms with Gasteiger partial charge in [0.1, 0.15) is 12.4 Å². The lowest BCUT2D eigenvalue weighted by Crippen LogP contribution is -2.44. The Morgan fingerprint density at radius 2 is 2.00 bits per heavy atom. The van der Waals surface area contributed by atoms with Crippen LogP contribution in [0.2, 0.25) is 0 Å². The molecular weight excluding hydrogens is 294 g/mol. The summed E-state index contributed by atoms with van der Waals surface area (Å²) in [5.41, 5.74) is 0.890. The minimum atomic E-state index is -0.471. The van der Waals surface area contributed by atoms with Crippen molar-refractivity contribution in [2.45, 2.75) is 39.7 Å². The molecule has 0 unspecified atom stereocenters. The molecule has 0 spiro atoms. The first-order valence-electron chi connectivity index (χ1n) is 8.01. The van der Waals surface area contributed by atoms with Gasteiger partial charge < -0.3 is 20.3 Å². The van der Waals surface area contributed by atoms with Gasteiger partial charge in [0.2, 0.25) is 5.91 Å². The normalized spacial score (nSPS) is 17.1. The topological polar surface area (TPSA) is 70.7 Å². The maximum atomic E-state index is 12.6. The standard InChI is InChI=1S/C17H23N3O3/c1-17(2,3)15(21)20-8-9-23-14-7-6-12(10-13(14)20)19-16(22)18-11-4-5-11/h6-7,10-11H,4-5,8-9H2,1-3H3,(H2,18,19,22). The molecule has 1 saturated carbocycles. The Kier molecular flexibility index (Phi) is 3.92. The molecule has 1 fully saturated rings. The zero-order valence-corrected chi connectivity index (χ0v) is 13.8. The van der Waals surface area contributed by atoms with Crippen LogP contribution >= 0.6 is 0 Å². The van der Waals surface area contributed by atoms with E-state index in [1.807, 2.05) is 20.8 Å². The number of fused-ring (bicyclic) bond motifs is 1. The number of hydrogen-bond donors (Lipinski definition) is 2. The third-order valence-electron chi connectivity index (χ3n) is 3.88. The molecule has 1 aromatic rings. The van der Waals surface area contributed by atoms with Crippen LogP contribution in [0.15, 0.2) is 18.2 Å². The van der Waals surface area contributed by atoms with Crippen LogP contribution in [-0.2, 0) is 4.79 Å². The van der Waals surface area contributed by atoms with Crippen LogP contribution in [0.3, 0.4) is 0 Å². The molecule has 3 amide bonds. The number of amides is 3. The Labute approximate surface area is 136 Å². The summed E-state index contributed by atoms with van der Waals surface area (Å²) >= 11 is 0. The van der Waals surface area contributed by atoms with Gasteiger partial charge in [-0.05, 0) is 31.0 Å². The minimum absolute atomic E-state index is 0.0432. The number of nitrogens with zero attached hydrogens (tertiary/aromatic N) is 1. The van der Waals surface area contributed by atoms with Crippen molar-refractivity contribution in [2.75, 3.05) is 23.4 Å². The Bertz CT molecular complexity index is 632. The van der Waals surface area contributed by atoms with Crippen LogP contribution in [-0.4, -0.2) is 31.1 Å². The fourth-order valence-corrected chi connectivity index (χ4v) is 2.49. The van der Waals surface area contributed by atoms with Crippen molar-refractivity contribution >= 4 is 23.3 Å². The van der Waals surface area contributed by atoms with Gasteiger partial charge in [-0.2, -0.15) is 0 Å². The second-order valence-electron chi connectivity index (χ2n) is 7.11. The number of urea groups is 1. The van der Waals surface area contributed by atoms with E-state index in [0.29, 0.717) is 36.3 Å². The zero-order valence-electron chi connectivity index (χ0n) is 13.8. The van der Waals surface area contributed by atoms with E-state index in [2.05, 4.69) is 10.6 Å². The number of hydrogen-bond acceptors (Lipinski definition) is 3. The summed E-state index contributed by atoms with van der Waals surface area (Å²) in [4.78, 5) is 26.3. The number of rotatable bonds is 2. The van der Waals surface area contributed by atoms with Gasteiger partial charge in [-0.1, -0.05) is 20.8 Å². The predicted molar refractivity (Wildman–Crippen MR) is 88.9 cm³/mol. The highest BCUT2D eigenvalue weighted by Gasteiger charge is 2.32. The summed E-state index contributed by atoms with van der Waals surface area (Å²) in [7, 11) is 0. The van der Waals surface area contributed by atoms with Gasteiger partial charge in [0, 0.05) is 17.1 Å². The molecule has 0 aromatic heterocycles. The molecular formula is C17H23N3O3. The first kappa shape index (κ1) is 15.6. The molecule has 1 heterocycles. The SMILES string of the molecule is CC(C)(C)C(=O)N1CCOc2ccc(NC(=O)NC3CC3)cc21. The van der Waals surface area contributed by atoms with Gasteiger partial charge in [-0.3, -0.25) is 4.79 Å². The fourth-order valence-electron chi connectivity index (χ4n) is 2.49. The van der Waals surface area contributed by atoms with Crippen molar-refractivity contribution in [3.05, 3.63) is 18.2 Å². The van der Waals surface area contributed by atoms with Gasteiger partial charge in [-0.25, -0.2) is 4.79 Å². The van der Waals surface area contributed by atoms with Crippen molar-refractivity contribution in [2.24, 2.45) is 5.41 Å². The molecule has 6 heteroatoms. The van der Waals surface area contributed by atoms with E-state index < -0.39 is 5.41 Å². The highest BCUT2D eigenvalue weighted by atomic mass is 16.5. The molecule has 2 aliphatic rings. The van der Waals surface area contributed by atoms with Crippen LogP contribution < -0.4 is 20.3 Å². The molecule has 1 aliphatic heterocycles. The lowest BCUT2D eigenvalue weighted by Gasteiger charge is -2.34. The average Bonchev–Trinajstić information content (AvgIpc) is 3.28. The van der Waals surface area contributed by atoms with E-state index >= 15 is 0 Å². The first-order valence-corrected chi connectivity index (χ1v) is 8.01. The number of nitrogens with one attached hydrogen (secondary N) is 2. The van der Waals surface area contributed by atoms with Gasteiger partial charge in [-0.15, -0.1) is 0 Å². The summed E-state index contributed by atoms with van der Waals surface area (Å²) in [5.74, 6) is 0.712. The molecule has 1 aliphatic carbocycles. The minimum Gasteiger partial charge on any atom is -0.490 e. The van der Waals surface area contributed by atoms with Crippen LogP contribution in [0, 0.1) is 5.41 Å². The van der Waals surface area contributed by atoms with Crippen molar-refractivity contribution in [3.8, 4) is 5.75 Å². The molecule has 1 aromatic carbocycles. The maximum Gasteiger partial charge on any atom is 0.319 e. The van der Waals surface area contributed by atoms with Crippen molar-refractivity contribution in [3.63, 3.8) is 0 Å². The Morgan fingerprint density at radius 3 is 2.65 bits per heavy atom. The van der Waals surface area contributed by atoms with E-state index in [0.717, 1.165) is 12.8 Å². The quantitative estimate of drug-likeness (QED) is 0.881. The third-order valence-corrected chi connectivity index (χ3v) is 3.88. The summed E-state index contributed by atoms with van der Waals surface area (Å²) in [6, 6.07) is 5.47. The highest BCUT2D eigenvalue weighted by Crippen LogP contribution is 2.36. The molecule has 2 N–H and O–H groups in total. The lowest BCUT2D eigenvalue weighted by molar-refractivity contribution is -0.126. The van der Waals surface area contributed by atoms with Gasteiger partial charge >= 0.3 is 6.03 Å². The first-order chi connectivity index (χ1) is 10.8. The second kappa shape index (κ2) is 5.76. The molecule has 0 radical (unpaired) electrons. The number of carbonyl (C=O) groups excluding carboxylic acids is 2. The predicted octanol–water partition coefficient (Wildman–Crippen LogP) is 2.74. The van der Waals surface area contributed by atoms with Crippen LogP contribution in [0.25, 0.3) is 0 Å². The average molecular weight is 317 g/mol. The molecule has 0 atom stereocenters. The fraction of sp³-hybridized carbons (Fsp3) is 0.529. The molecule has 23 heavy (non-hydrogen) atoms. The number of ether oxygens (including phenoxy) is 1. The largest absolute Gasteiger partial charge is 0.490 e. The van der Waals surface area contributed by atoms with Crippen molar-refractivity contribution < 1.29 is 14.3 Å². The summed E-state index contributed by atoms with van der Waals surface area (Å²) < 4.78 is 5.63. The number of carbonyl (C=O) groups is 2. The van der Waals surface area contributed by atoms with Crippen LogP contribution in [0.5, 0.6) is 5.75 Å². The lowest BCUT2D eigenvalue weighted by atomic mass is 9.94. The Hall–Kier alpha value is -2.24. The van der Waals surface area contributed by atoms with Crippen molar-refractivity contribution in [1.82, 2.24) is 5.32 Å². The Morgan fingerprint density at radius 1 is 1.26 bits per heavy atom. The molecule has 124 valence electrons. The van der Waals surface area contributed by atoms with E-state index in [9.17, 15) is 9.59 Å². The summed E-state index contributed by atoms with van der Waals surface area (Å²) in [6.45, 7) is 6.69. The smallest absolute Gasteiger partial charge is 0.319 e. The summed E-state index contributed by atoms with van der Waals surface area (Å²) in [6.07, 6.45) is 2.08. The molecule has 0 saturated heterocycles. The van der Waals surface area contributed by atoms with Gasteiger partial charge in [0.25, 0.3) is 0 Å². The zero-order chi connectivity index (χ0) is 16.6. The van der Waals surface area contributed by atoms with E-state index in [-0.39, 0.29) is 11.9 Å². The van der Waals surface area contributed by atoms with Gasteiger partial charge in [0.15, 0.2) is 0 Å². The van der Waals surface area contributed by atoms with E-state index in [1.165, 1.54) is 0 Å². The second-order valence-corrected chi connectivity index (χ2v) is 7.11. The number of anilines is 2. The van der Waals surface area contributed by atoms with Gasteiger partial charge in [0.05, 0.1) is 12.2 Å². The molecule has 6 nitrogen and oxygen atoms in total. The highest BCUT2D eigenvalue weighted by molar-refractivity contribution is 6.00. The maximum absolute atomic E-state index is 12.6. The molecule has 3 rings (SSSR count). The molecule has 0 bridgehead atoms. The monoisotopic (exact) mass is 317 g/mol. The van der Waals surface area contributed by atoms with E-state index in [1.54, 1.807) is 23.1 Å². The van der Waals surface area contributed by atoms with Crippen LogP contribution in [0.1, 0.15) is 33.6 Å². The Balaban J connectivity index is 1.81. The summed E-state index contributed by atoms with van der Waals surface area (Å²) in [5, 5.41) is 5.70. The number of benzene rings is 1. The van der Waals surface area contributed by atoms with E-state index in [4.69, 9.17) is 4.74 Å². The third kappa shape index (κ3) is 3.57.